The van der Waals surface area contributed by atoms with Crippen LogP contribution in [0.2, 0.25) is 0 Å². The van der Waals surface area contributed by atoms with Gasteiger partial charge in [-0.25, -0.2) is 4.39 Å². The molecule has 1 aromatic rings. The Bertz CT molecular complexity index is 773. The molecule has 0 radical (unpaired) electrons. The van der Waals surface area contributed by atoms with Gasteiger partial charge >= 0.3 is 0 Å². The third kappa shape index (κ3) is 7.45. The van der Waals surface area contributed by atoms with E-state index < -0.39 is 11.6 Å². The van der Waals surface area contributed by atoms with Gasteiger partial charge in [0.2, 0.25) is 5.82 Å². The van der Waals surface area contributed by atoms with Crippen molar-refractivity contribution in [2.75, 3.05) is 13.2 Å². The van der Waals surface area contributed by atoms with Crippen molar-refractivity contribution in [1.29, 1.82) is 0 Å². The average molecular weight is 505 g/mol. The van der Waals surface area contributed by atoms with Crippen molar-refractivity contribution in [2.24, 2.45) is 23.7 Å². The minimum absolute atomic E-state index is 0.0759. The SMILES string of the molecule is CCCCC[C@H]1CC[C@H]([C@H]2CC[C@H](COc3ccc([C@H]4CC[C@H](OCC)CC4)c(F)c3F)CC2)CC1. The van der Waals surface area contributed by atoms with Gasteiger partial charge in [-0.15, -0.1) is 0 Å². The van der Waals surface area contributed by atoms with Gasteiger partial charge in [-0.1, -0.05) is 51.5 Å². The van der Waals surface area contributed by atoms with E-state index in [1.165, 1.54) is 64.2 Å². The van der Waals surface area contributed by atoms with Crippen LogP contribution in [0.3, 0.4) is 0 Å². The van der Waals surface area contributed by atoms with Crippen LogP contribution >= 0.6 is 0 Å². The van der Waals surface area contributed by atoms with E-state index in [1.54, 1.807) is 12.1 Å². The lowest BCUT2D eigenvalue weighted by atomic mass is 9.69. The number of unbranched alkanes of at least 4 members (excludes halogenated alkanes) is 2. The molecule has 0 unspecified atom stereocenters. The molecule has 0 heterocycles. The Morgan fingerprint density at radius 2 is 1.36 bits per heavy atom. The van der Waals surface area contributed by atoms with Crippen molar-refractivity contribution in [1.82, 2.24) is 0 Å². The lowest BCUT2D eigenvalue weighted by Crippen LogP contribution is -2.27. The summed E-state index contributed by atoms with van der Waals surface area (Å²) in [6, 6.07) is 3.42. The van der Waals surface area contributed by atoms with Crippen molar-refractivity contribution < 1.29 is 18.3 Å². The number of rotatable bonds is 11. The molecule has 1 aromatic carbocycles. The minimum atomic E-state index is -0.802. The zero-order valence-corrected chi connectivity index (χ0v) is 22.9. The van der Waals surface area contributed by atoms with Crippen LogP contribution in [0.15, 0.2) is 12.1 Å². The Hall–Kier alpha value is -1.16. The largest absolute Gasteiger partial charge is 0.490 e. The Morgan fingerprint density at radius 1 is 0.722 bits per heavy atom. The predicted octanol–water partition coefficient (Wildman–Crippen LogP) is 9.60. The normalized spacial score (nSPS) is 31.3. The second-order valence-electron chi connectivity index (χ2n) is 12.1. The van der Waals surface area contributed by atoms with Gasteiger partial charge in [-0.2, -0.15) is 4.39 Å². The van der Waals surface area contributed by atoms with E-state index >= 15 is 0 Å². The number of halogens is 2. The van der Waals surface area contributed by atoms with E-state index in [4.69, 9.17) is 9.47 Å². The Morgan fingerprint density at radius 3 is 1.97 bits per heavy atom. The van der Waals surface area contributed by atoms with E-state index in [9.17, 15) is 8.78 Å². The number of benzene rings is 1. The Balaban J connectivity index is 1.18. The molecule has 3 fully saturated rings. The monoisotopic (exact) mass is 504 g/mol. The first-order valence-corrected chi connectivity index (χ1v) is 15.3. The molecule has 0 saturated heterocycles. The molecule has 3 aliphatic rings. The third-order valence-electron chi connectivity index (χ3n) is 9.73. The molecule has 0 N–H and O–H groups in total. The second-order valence-corrected chi connectivity index (χ2v) is 12.1. The lowest BCUT2D eigenvalue weighted by molar-refractivity contribution is 0.0325. The molecule has 0 bridgehead atoms. The van der Waals surface area contributed by atoms with Crippen LogP contribution < -0.4 is 4.74 Å². The fourth-order valence-electron chi connectivity index (χ4n) is 7.41. The summed E-state index contributed by atoms with van der Waals surface area (Å²) in [4.78, 5) is 0. The fourth-order valence-corrected chi connectivity index (χ4v) is 7.41. The molecule has 0 spiro atoms. The zero-order chi connectivity index (χ0) is 25.3. The van der Waals surface area contributed by atoms with E-state index in [0.29, 0.717) is 24.7 Å². The van der Waals surface area contributed by atoms with Crippen molar-refractivity contribution in [3.63, 3.8) is 0 Å². The van der Waals surface area contributed by atoms with Gasteiger partial charge in [0.1, 0.15) is 0 Å². The summed E-state index contributed by atoms with van der Waals surface area (Å²) in [6.07, 6.45) is 20.0. The van der Waals surface area contributed by atoms with Crippen LogP contribution in [-0.4, -0.2) is 19.3 Å². The van der Waals surface area contributed by atoms with Crippen molar-refractivity contribution in [2.45, 2.75) is 129 Å². The molecule has 0 aliphatic heterocycles. The summed E-state index contributed by atoms with van der Waals surface area (Å²) in [5, 5.41) is 0. The molecule has 4 heteroatoms. The van der Waals surface area contributed by atoms with Gasteiger partial charge in [0.25, 0.3) is 0 Å². The molecule has 0 aromatic heterocycles. The highest BCUT2D eigenvalue weighted by Gasteiger charge is 2.31. The summed E-state index contributed by atoms with van der Waals surface area (Å²) < 4.78 is 41.4. The van der Waals surface area contributed by atoms with E-state index in [0.717, 1.165) is 56.3 Å². The van der Waals surface area contributed by atoms with E-state index in [2.05, 4.69) is 6.92 Å². The summed E-state index contributed by atoms with van der Waals surface area (Å²) in [5.74, 6) is 1.87. The van der Waals surface area contributed by atoms with Crippen LogP contribution in [0.4, 0.5) is 8.78 Å². The standard InChI is InChI=1S/C32H50F2O2/c1-3-5-6-7-23-8-12-25(13-9-23)26-14-10-24(11-15-26)22-36-30-21-20-29(31(33)32(30)34)27-16-18-28(19-17-27)35-4-2/h20-21,23-28H,3-19,22H2,1-2H3/t23-,24-,25-,26-,27-,28-. The Labute approximate surface area is 218 Å². The predicted molar refractivity (Wildman–Crippen MR) is 144 cm³/mol. The summed E-state index contributed by atoms with van der Waals surface area (Å²) in [7, 11) is 0. The quantitative estimate of drug-likeness (QED) is 0.279. The minimum Gasteiger partial charge on any atom is -0.490 e. The first-order valence-electron chi connectivity index (χ1n) is 15.3. The highest BCUT2D eigenvalue weighted by atomic mass is 19.2. The summed E-state index contributed by atoms with van der Waals surface area (Å²) >= 11 is 0. The highest BCUT2D eigenvalue weighted by molar-refractivity contribution is 5.33. The molecule has 2 nitrogen and oxygen atoms in total. The molecule has 36 heavy (non-hydrogen) atoms. The average Bonchev–Trinajstić information content (AvgIpc) is 2.91. The van der Waals surface area contributed by atoms with Gasteiger partial charge in [0, 0.05) is 6.61 Å². The fraction of sp³-hybridized carbons (Fsp3) is 0.812. The molecular formula is C32H50F2O2. The summed E-state index contributed by atoms with van der Waals surface area (Å²) in [5.41, 5.74) is 0.510. The van der Waals surface area contributed by atoms with Crippen molar-refractivity contribution in [3.8, 4) is 5.75 Å². The molecule has 3 saturated carbocycles. The van der Waals surface area contributed by atoms with Gasteiger partial charge in [0.05, 0.1) is 12.7 Å². The molecule has 3 aliphatic carbocycles. The first-order chi connectivity index (χ1) is 17.6. The van der Waals surface area contributed by atoms with Crippen molar-refractivity contribution >= 4 is 0 Å². The van der Waals surface area contributed by atoms with Crippen LogP contribution in [-0.2, 0) is 4.74 Å². The molecule has 0 atom stereocenters. The number of ether oxygens (including phenoxy) is 2. The van der Waals surface area contributed by atoms with Crippen LogP contribution in [0, 0.1) is 35.3 Å². The van der Waals surface area contributed by atoms with Crippen molar-refractivity contribution in [3.05, 3.63) is 29.3 Å². The van der Waals surface area contributed by atoms with Gasteiger partial charge < -0.3 is 9.47 Å². The van der Waals surface area contributed by atoms with Gasteiger partial charge in [-0.05, 0) is 112 Å². The molecule has 204 valence electrons. The molecule has 0 amide bonds. The van der Waals surface area contributed by atoms with E-state index in [-0.39, 0.29) is 17.8 Å². The first kappa shape index (κ1) is 27.9. The topological polar surface area (TPSA) is 18.5 Å². The number of hydrogen-bond acceptors (Lipinski definition) is 2. The van der Waals surface area contributed by atoms with E-state index in [1.807, 2.05) is 6.92 Å². The maximum absolute atomic E-state index is 14.9. The molecule has 4 rings (SSSR count). The maximum Gasteiger partial charge on any atom is 0.200 e. The van der Waals surface area contributed by atoms with Crippen LogP contribution in [0.1, 0.15) is 128 Å². The van der Waals surface area contributed by atoms with Gasteiger partial charge in [-0.3, -0.25) is 0 Å². The second kappa shape index (κ2) is 14.1. The third-order valence-corrected chi connectivity index (χ3v) is 9.73. The lowest BCUT2D eigenvalue weighted by Gasteiger charge is -2.38. The molecular weight excluding hydrogens is 454 g/mol. The summed E-state index contributed by atoms with van der Waals surface area (Å²) in [6.45, 7) is 5.52. The van der Waals surface area contributed by atoms with Gasteiger partial charge in [0.15, 0.2) is 11.6 Å². The highest BCUT2D eigenvalue weighted by Crippen LogP contribution is 2.43. The van der Waals surface area contributed by atoms with Crippen LogP contribution in [0.5, 0.6) is 5.75 Å². The van der Waals surface area contributed by atoms with Crippen LogP contribution in [0.25, 0.3) is 0 Å². The number of hydrogen-bond donors (Lipinski definition) is 0. The maximum atomic E-state index is 14.9. The smallest absolute Gasteiger partial charge is 0.200 e. The Kier molecular flexibility index (Phi) is 10.9. The zero-order valence-electron chi connectivity index (χ0n) is 22.9.